The average molecular weight is 280 g/mol. The van der Waals surface area contributed by atoms with Crippen LogP contribution in [-0.2, 0) is 4.79 Å². The van der Waals surface area contributed by atoms with E-state index in [1.165, 1.54) is 7.11 Å². The van der Waals surface area contributed by atoms with Gasteiger partial charge in [-0.1, -0.05) is 11.6 Å². The number of carboxylic acid groups (broad SMARTS) is 1. The van der Waals surface area contributed by atoms with Crippen molar-refractivity contribution in [1.29, 1.82) is 0 Å². The van der Waals surface area contributed by atoms with Crippen LogP contribution >= 0.6 is 11.6 Å². The van der Waals surface area contributed by atoms with Crippen molar-refractivity contribution in [2.45, 2.75) is 18.9 Å². The maximum absolute atomic E-state index is 13.5. The highest BCUT2D eigenvalue weighted by Crippen LogP contribution is 2.34. The van der Waals surface area contributed by atoms with E-state index in [0.29, 0.717) is 0 Å². The molecule has 1 aromatic carbocycles. The molecule has 100 valence electrons. The Hall–Kier alpha value is -1.40. The minimum Gasteiger partial charge on any atom is -0.493 e. The topological polar surface area (TPSA) is 72.5 Å². The summed E-state index contributed by atoms with van der Waals surface area (Å²) in [5, 5.41) is 8.12. The summed E-state index contributed by atoms with van der Waals surface area (Å²) in [6.45, 7) is 0. The molecule has 0 aliphatic carbocycles. The summed E-state index contributed by atoms with van der Waals surface area (Å²) >= 11 is 5.51. The molecule has 0 aromatic heterocycles. The van der Waals surface area contributed by atoms with E-state index in [1.807, 2.05) is 0 Å². The summed E-state index contributed by atoms with van der Waals surface area (Å²) in [4.78, 5) is 10.4. The molecule has 0 spiro atoms. The largest absolute Gasteiger partial charge is 0.493 e. The molecule has 3 N–H and O–H groups in total. The highest BCUT2D eigenvalue weighted by Gasteiger charge is 2.22. The van der Waals surface area contributed by atoms with Crippen LogP contribution in [0.4, 0.5) is 8.78 Å². The first-order valence-corrected chi connectivity index (χ1v) is 5.45. The van der Waals surface area contributed by atoms with Crippen LogP contribution in [0, 0.1) is 11.6 Å². The number of carboxylic acids is 1. The lowest BCUT2D eigenvalue weighted by molar-refractivity contribution is -0.137. The molecule has 0 saturated carbocycles. The predicted molar refractivity (Wildman–Crippen MR) is 61.7 cm³/mol. The van der Waals surface area contributed by atoms with Crippen LogP contribution in [-0.4, -0.2) is 18.2 Å². The zero-order valence-electron chi connectivity index (χ0n) is 9.54. The predicted octanol–water partition coefficient (Wildman–Crippen LogP) is 2.49. The minimum absolute atomic E-state index is 0.0626. The molecule has 0 fully saturated rings. The van der Waals surface area contributed by atoms with Gasteiger partial charge in [-0.25, -0.2) is 4.39 Å². The summed E-state index contributed by atoms with van der Waals surface area (Å²) in [6.07, 6.45) is -0.131. The standard InChI is InChI=1S/C11H12ClF2NO3/c1-18-11-5(7(15)2-3-8(16)17)4-6(12)9(13)10(11)14/h4,7H,2-3,15H2,1H3,(H,16,17). The van der Waals surface area contributed by atoms with Gasteiger partial charge in [0.15, 0.2) is 11.6 Å². The highest BCUT2D eigenvalue weighted by molar-refractivity contribution is 6.30. The first-order valence-electron chi connectivity index (χ1n) is 5.07. The van der Waals surface area contributed by atoms with Crippen molar-refractivity contribution in [2.24, 2.45) is 5.73 Å². The Labute approximate surface area is 107 Å². The number of rotatable bonds is 5. The summed E-state index contributed by atoms with van der Waals surface area (Å²) in [6, 6.07) is 0.342. The molecule has 7 heteroatoms. The number of carbonyl (C=O) groups is 1. The number of methoxy groups -OCH3 is 1. The average Bonchev–Trinajstić information content (AvgIpc) is 2.32. The Morgan fingerprint density at radius 3 is 2.67 bits per heavy atom. The second-order valence-electron chi connectivity index (χ2n) is 3.65. The molecular weight excluding hydrogens is 268 g/mol. The third-order valence-corrected chi connectivity index (χ3v) is 2.69. The van der Waals surface area contributed by atoms with Crippen molar-refractivity contribution in [1.82, 2.24) is 0 Å². The molecule has 1 rings (SSSR count). The molecule has 0 aliphatic heterocycles. The molecule has 0 radical (unpaired) electrons. The first kappa shape index (κ1) is 14.7. The molecule has 0 aliphatic rings. The lowest BCUT2D eigenvalue weighted by Gasteiger charge is -2.16. The van der Waals surface area contributed by atoms with Gasteiger partial charge in [-0.15, -0.1) is 0 Å². The molecular formula is C11H12ClF2NO3. The normalized spacial score (nSPS) is 12.3. The number of ether oxygens (including phenoxy) is 1. The third kappa shape index (κ3) is 3.08. The lowest BCUT2D eigenvalue weighted by Crippen LogP contribution is -2.14. The van der Waals surface area contributed by atoms with Crippen LogP contribution in [0.25, 0.3) is 0 Å². The zero-order chi connectivity index (χ0) is 13.9. The van der Waals surface area contributed by atoms with Gasteiger partial charge >= 0.3 is 5.97 Å². The van der Waals surface area contributed by atoms with Gasteiger partial charge in [0.2, 0.25) is 5.82 Å². The Bertz CT molecular complexity index is 468. The Kier molecular flexibility index (Phi) is 4.86. The van der Waals surface area contributed by atoms with E-state index in [0.717, 1.165) is 6.07 Å². The highest BCUT2D eigenvalue weighted by atomic mass is 35.5. The number of aliphatic carboxylic acids is 1. The monoisotopic (exact) mass is 279 g/mol. The summed E-state index contributed by atoms with van der Waals surface area (Å²) < 4.78 is 31.5. The molecule has 0 saturated heterocycles. The van der Waals surface area contributed by atoms with Crippen molar-refractivity contribution < 1.29 is 23.4 Å². The molecule has 0 heterocycles. The fourth-order valence-corrected chi connectivity index (χ4v) is 1.71. The van der Waals surface area contributed by atoms with Gasteiger partial charge in [-0.05, 0) is 12.5 Å². The molecule has 1 unspecified atom stereocenters. The van der Waals surface area contributed by atoms with E-state index in [1.54, 1.807) is 0 Å². The minimum atomic E-state index is -1.23. The molecule has 1 atom stereocenters. The van der Waals surface area contributed by atoms with Gasteiger partial charge in [0.25, 0.3) is 0 Å². The van der Waals surface area contributed by atoms with Crippen molar-refractivity contribution >= 4 is 17.6 Å². The van der Waals surface area contributed by atoms with Crippen molar-refractivity contribution in [3.63, 3.8) is 0 Å². The Morgan fingerprint density at radius 2 is 2.17 bits per heavy atom. The number of hydrogen-bond acceptors (Lipinski definition) is 3. The van der Waals surface area contributed by atoms with E-state index >= 15 is 0 Å². The molecule has 4 nitrogen and oxygen atoms in total. The van der Waals surface area contributed by atoms with E-state index < -0.39 is 28.7 Å². The van der Waals surface area contributed by atoms with Crippen molar-refractivity contribution in [3.8, 4) is 5.75 Å². The Balaban J connectivity index is 3.11. The molecule has 0 bridgehead atoms. The second-order valence-corrected chi connectivity index (χ2v) is 4.05. The van der Waals surface area contributed by atoms with Gasteiger partial charge in [-0.3, -0.25) is 4.79 Å². The Morgan fingerprint density at radius 1 is 1.56 bits per heavy atom. The van der Waals surface area contributed by atoms with Gasteiger partial charge in [0, 0.05) is 18.0 Å². The fraction of sp³-hybridized carbons (Fsp3) is 0.364. The van der Waals surface area contributed by atoms with Gasteiger partial charge < -0.3 is 15.6 Å². The van der Waals surface area contributed by atoms with Gasteiger partial charge in [0.05, 0.1) is 12.1 Å². The van der Waals surface area contributed by atoms with E-state index in [4.69, 9.17) is 27.2 Å². The molecule has 18 heavy (non-hydrogen) atoms. The molecule has 0 amide bonds. The molecule has 1 aromatic rings. The van der Waals surface area contributed by atoms with Crippen LogP contribution in [0.15, 0.2) is 6.07 Å². The van der Waals surface area contributed by atoms with Crippen molar-refractivity contribution in [2.75, 3.05) is 7.11 Å². The van der Waals surface area contributed by atoms with Crippen molar-refractivity contribution in [3.05, 3.63) is 28.3 Å². The summed E-state index contributed by atoms with van der Waals surface area (Å²) in [5.41, 5.74) is 5.86. The zero-order valence-corrected chi connectivity index (χ0v) is 10.3. The van der Waals surface area contributed by atoms with Gasteiger partial charge in [-0.2, -0.15) is 4.39 Å². The van der Waals surface area contributed by atoms with Crippen LogP contribution in [0.3, 0.4) is 0 Å². The number of hydrogen-bond donors (Lipinski definition) is 2. The number of halogens is 3. The third-order valence-electron chi connectivity index (χ3n) is 2.42. The fourth-order valence-electron chi connectivity index (χ4n) is 1.51. The number of benzene rings is 1. The first-order chi connectivity index (χ1) is 8.38. The summed E-state index contributed by atoms with van der Waals surface area (Å²) in [7, 11) is 1.17. The second kappa shape index (κ2) is 5.97. The lowest BCUT2D eigenvalue weighted by atomic mass is 10.0. The quantitative estimate of drug-likeness (QED) is 0.812. The maximum Gasteiger partial charge on any atom is 0.303 e. The SMILES string of the molecule is COc1c(C(N)CCC(=O)O)cc(Cl)c(F)c1F. The smallest absolute Gasteiger partial charge is 0.303 e. The van der Waals surface area contributed by atoms with Gasteiger partial charge in [0.1, 0.15) is 0 Å². The van der Waals surface area contributed by atoms with E-state index in [9.17, 15) is 13.6 Å². The maximum atomic E-state index is 13.5. The van der Waals surface area contributed by atoms with Crippen LogP contribution < -0.4 is 10.5 Å². The summed E-state index contributed by atoms with van der Waals surface area (Å²) in [5.74, 6) is -3.83. The van der Waals surface area contributed by atoms with E-state index in [-0.39, 0.29) is 24.2 Å². The van der Waals surface area contributed by atoms with Crippen LogP contribution in [0.1, 0.15) is 24.4 Å². The van der Waals surface area contributed by atoms with E-state index in [2.05, 4.69) is 0 Å². The van der Waals surface area contributed by atoms with Crippen LogP contribution in [0.2, 0.25) is 5.02 Å². The number of nitrogens with two attached hydrogens (primary N) is 1. The van der Waals surface area contributed by atoms with Crippen LogP contribution in [0.5, 0.6) is 5.75 Å².